The monoisotopic (exact) mass is 559 g/mol. The van der Waals surface area contributed by atoms with Crippen molar-refractivity contribution in [2.24, 2.45) is 0 Å². The van der Waals surface area contributed by atoms with Crippen LogP contribution in [0.4, 0.5) is 5.82 Å². The number of aromatic hydroxyl groups is 1. The number of nitriles is 1. The van der Waals surface area contributed by atoms with Gasteiger partial charge in [-0.15, -0.1) is 0 Å². The van der Waals surface area contributed by atoms with Crippen molar-refractivity contribution in [3.8, 4) is 23.8 Å². The summed E-state index contributed by atoms with van der Waals surface area (Å²) in [6.45, 7) is 6.62. The predicted octanol–water partition coefficient (Wildman–Crippen LogP) is 2.72. The topological polar surface area (TPSA) is 128 Å². The van der Waals surface area contributed by atoms with Gasteiger partial charge in [-0.1, -0.05) is 6.58 Å². The van der Waals surface area contributed by atoms with E-state index in [1.807, 2.05) is 6.07 Å². The first-order valence-corrected chi connectivity index (χ1v) is 14.6. The van der Waals surface area contributed by atoms with Gasteiger partial charge >= 0.3 is 6.01 Å². The molecule has 0 radical (unpaired) electrons. The summed E-state index contributed by atoms with van der Waals surface area (Å²) in [5.74, 6) is 1.03. The number of hydrogen-bond donors (Lipinski definition) is 1. The van der Waals surface area contributed by atoms with E-state index in [0.29, 0.717) is 51.0 Å². The molecule has 216 valence electrons. The number of fused-ring (bicyclic) bond motifs is 3. The van der Waals surface area contributed by atoms with Crippen molar-refractivity contribution >= 4 is 11.7 Å². The fraction of sp³-hybridized carbons (Fsp3) is 0.567. The molecule has 1 spiro atoms. The number of rotatable bonds is 6. The van der Waals surface area contributed by atoms with Crippen molar-refractivity contribution < 1.29 is 19.4 Å². The first-order valence-electron chi connectivity index (χ1n) is 14.6. The van der Waals surface area contributed by atoms with Gasteiger partial charge < -0.3 is 29.3 Å². The van der Waals surface area contributed by atoms with Gasteiger partial charge in [-0.3, -0.25) is 4.79 Å². The standard InChI is InChI=1S/C30H37N7O4/c1-3-24(38)37-17-16-36(18-21(37)9-13-31)26-23-8-12-30(11-4-6-20-10-14-32-27(39)25(20)30)41-28(23)34-29(33-26)40-19-22-7-5-15-35(22)2/h3,10,14,21-22H,1,4-9,11-12,15-19H2,2H3,(H,32,39)/t21-,22-,30?/m0/s1. The van der Waals surface area contributed by atoms with E-state index in [4.69, 9.17) is 19.4 Å². The molecule has 4 aliphatic rings. The number of aryl methyl sites for hydroxylation is 1. The maximum atomic E-state index is 12.5. The number of anilines is 1. The summed E-state index contributed by atoms with van der Waals surface area (Å²) in [7, 11) is 2.10. The molecule has 0 saturated carbocycles. The number of likely N-dealkylation sites (tertiary alicyclic amines) is 1. The van der Waals surface area contributed by atoms with Crippen LogP contribution in [0, 0.1) is 11.3 Å². The zero-order valence-corrected chi connectivity index (χ0v) is 23.6. The molecular weight excluding hydrogens is 522 g/mol. The highest BCUT2D eigenvalue weighted by Crippen LogP contribution is 2.50. The molecule has 11 nitrogen and oxygen atoms in total. The third-order valence-corrected chi connectivity index (χ3v) is 9.14. The summed E-state index contributed by atoms with van der Waals surface area (Å²) < 4.78 is 13.0. The molecule has 1 aliphatic carbocycles. The number of hydrogen-bond acceptors (Lipinski definition) is 10. The zero-order valence-electron chi connectivity index (χ0n) is 23.6. The minimum absolute atomic E-state index is 0.0167. The van der Waals surface area contributed by atoms with E-state index < -0.39 is 5.60 Å². The fourth-order valence-corrected chi connectivity index (χ4v) is 6.96. The number of likely N-dealkylation sites (N-methyl/N-ethyl adjacent to an activating group) is 1. The number of carbonyl (C=O) groups is 1. The van der Waals surface area contributed by atoms with E-state index in [1.165, 1.54) is 6.08 Å². The number of piperazine rings is 1. The molecule has 0 bridgehead atoms. The Morgan fingerprint density at radius 2 is 2.15 bits per heavy atom. The lowest BCUT2D eigenvalue weighted by molar-refractivity contribution is -0.128. The second-order valence-corrected chi connectivity index (χ2v) is 11.5. The third kappa shape index (κ3) is 5.05. The first-order chi connectivity index (χ1) is 19.9. The summed E-state index contributed by atoms with van der Waals surface area (Å²) in [4.78, 5) is 32.5. The predicted molar refractivity (Wildman–Crippen MR) is 151 cm³/mol. The highest BCUT2D eigenvalue weighted by Gasteiger charge is 2.46. The van der Waals surface area contributed by atoms with E-state index in [0.717, 1.165) is 61.2 Å². The normalized spacial score (nSPS) is 25.7. The Morgan fingerprint density at radius 3 is 2.93 bits per heavy atom. The van der Waals surface area contributed by atoms with Gasteiger partial charge in [0.05, 0.1) is 29.7 Å². The van der Waals surface area contributed by atoms with Crippen LogP contribution in [0.15, 0.2) is 24.9 Å². The van der Waals surface area contributed by atoms with Crippen LogP contribution in [0.2, 0.25) is 0 Å². The lowest BCUT2D eigenvalue weighted by atomic mass is 9.75. The molecule has 1 amide bonds. The van der Waals surface area contributed by atoms with Gasteiger partial charge in [-0.2, -0.15) is 15.2 Å². The van der Waals surface area contributed by atoms with Gasteiger partial charge in [-0.05, 0) is 76.2 Å². The number of nitrogens with zero attached hydrogens (tertiary/aromatic N) is 7. The quantitative estimate of drug-likeness (QED) is 0.528. The number of carbonyl (C=O) groups excluding carboxylic acids is 1. The number of pyridine rings is 1. The van der Waals surface area contributed by atoms with E-state index >= 15 is 0 Å². The molecule has 11 heteroatoms. The molecular formula is C30H37N7O4. The average molecular weight is 560 g/mol. The average Bonchev–Trinajstić information content (AvgIpc) is 3.39. The van der Waals surface area contributed by atoms with Gasteiger partial charge in [0.25, 0.3) is 0 Å². The van der Waals surface area contributed by atoms with Crippen LogP contribution >= 0.6 is 0 Å². The summed E-state index contributed by atoms with van der Waals surface area (Å²) in [6.07, 6.45) is 9.24. The highest BCUT2D eigenvalue weighted by molar-refractivity contribution is 5.87. The van der Waals surface area contributed by atoms with Gasteiger partial charge in [-0.25, -0.2) is 4.98 Å². The SMILES string of the molecule is C=CC(=O)N1CCN(c2nc(OC[C@@H]3CCCN3C)nc3c2CCC2(CCCc4ccnc(O)c42)O3)C[C@@H]1CC#N. The lowest BCUT2D eigenvalue weighted by Gasteiger charge is -2.44. The van der Waals surface area contributed by atoms with Crippen LogP contribution < -0.4 is 14.4 Å². The Hall–Kier alpha value is -3.91. The van der Waals surface area contributed by atoms with Crippen LogP contribution in [0.25, 0.3) is 0 Å². The first kappa shape index (κ1) is 27.3. The van der Waals surface area contributed by atoms with E-state index in [1.54, 1.807) is 11.1 Å². The van der Waals surface area contributed by atoms with Gasteiger partial charge in [0.15, 0.2) is 0 Å². The van der Waals surface area contributed by atoms with Crippen LogP contribution in [0.3, 0.4) is 0 Å². The summed E-state index contributed by atoms with van der Waals surface area (Å²) >= 11 is 0. The Balaban J connectivity index is 1.36. The minimum Gasteiger partial charge on any atom is -0.493 e. The fourth-order valence-electron chi connectivity index (χ4n) is 6.96. The largest absolute Gasteiger partial charge is 0.493 e. The Labute approximate surface area is 240 Å². The molecule has 6 rings (SSSR count). The molecule has 1 N–H and O–H groups in total. The molecule has 5 heterocycles. The molecule has 2 fully saturated rings. The van der Waals surface area contributed by atoms with Crippen LogP contribution in [0.5, 0.6) is 17.8 Å². The summed E-state index contributed by atoms with van der Waals surface area (Å²) in [6, 6.07) is 4.46. The smallest absolute Gasteiger partial charge is 0.321 e. The van der Waals surface area contributed by atoms with Gasteiger partial charge in [0, 0.05) is 31.9 Å². The number of aromatic nitrogens is 3. The Kier molecular flexibility index (Phi) is 7.43. The molecule has 0 aromatic carbocycles. The van der Waals surface area contributed by atoms with Crippen LogP contribution in [0.1, 0.15) is 55.2 Å². The van der Waals surface area contributed by atoms with Crippen LogP contribution in [-0.4, -0.2) is 87.7 Å². The van der Waals surface area contributed by atoms with Crippen LogP contribution in [-0.2, 0) is 23.2 Å². The van der Waals surface area contributed by atoms with E-state index in [9.17, 15) is 15.2 Å². The molecule has 3 aliphatic heterocycles. The van der Waals surface area contributed by atoms with Crippen molar-refractivity contribution in [3.05, 3.63) is 41.6 Å². The Bertz CT molecular complexity index is 1380. The number of ether oxygens (including phenoxy) is 2. The molecule has 3 atom stereocenters. The van der Waals surface area contributed by atoms with Gasteiger partial charge in [0.1, 0.15) is 18.0 Å². The zero-order chi connectivity index (χ0) is 28.6. The third-order valence-electron chi connectivity index (χ3n) is 9.14. The summed E-state index contributed by atoms with van der Waals surface area (Å²) in [5, 5.41) is 20.3. The number of amides is 1. The van der Waals surface area contributed by atoms with E-state index in [2.05, 4.69) is 34.5 Å². The second-order valence-electron chi connectivity index (χ2n) is 11.5. The minimum atomic E-state index is -0.716. The lowest BCUT2D eigenvalue weighted by Crippen LogP contribution is -2.55. The van der Waals surface area contributed by atoms with Crippen molar-refractivity contribution in [3.63, 3.8) is 0 Å². The molecule has 2 aromatic rings. The van der Waals surface area contributed by atoms with Crippen molar-refractivity contribution in [2.75, 3.05) is 44.7 Å². The van der Waals surface area contributed by atoms with Crippen molar-refractivity contribution in [1.29, 1.82) is 5.26 Å². The van der Waals surface area contributed by atoms with Crippen molar-refractivity contribution in [2.45, 2.75) is 69.1 Å². The van der Waals surface area contributed by atoms with E-state index in [-0.39, 0.29) is 30.3 Å². The van der Waals surface area contributed by atoms with Crippen molar-refractivity contribution in [1.82, 2.24) is 24.8 Å². The second kappa shape index (κ2) is 11.2. The highest BCUT2D eigenvalue weighted by atomic mass is 16.5. The maximum Gasteiger partial charge on any atom is 0.321 e. The molecule has 2 aromatic heterocycles. The van der Waals surface area contributed by atoms with Gasteiger partial charge in [0.2, 0.25) is 17.7 Å². The maximum absolute atomic E-state index is 12.5. The molecule has 1 unspecified atom stereocenters. The summed E-state index contributed by atoms with van der Waals surface area (Å²) in [5.41, 5.74) is 1.99. The molecule has 41 heavy (non-hydrogen) atoms. The molecule has 2 saturated heterocycles. The Morgan fingerprint density at radius 1 is 1.27 bits per heavy atom.